The summed E-state index contributed by atoms with van der Waals surface area (Å²) in [5, 5.41) is 14.1. The largest absolute Gasteiger partial charge is 0.507 e. The molecule has 4 N–H and O–H groups in total. The second-order valence-corrected chi connectivity index (χ2v) is 11.4. The Hall–Kier alpha value is -3.13. The summed E-state index contributed by atoms with van der Waals surface area (Å²) in [6.45, 7) is 1.16. The van der Waals surface area contributed by atoms with Gasteiger partial charge in [0.15, 0.2) is 0 Å². The van der Waals surface area contributed by atoms with E-state index < -0.39 is 7.26 Å². The van der Waals surface area contributed by atoms with Crippen LogP contribution in [0.15, 0.2) is 109 Å². The highest BCUT2D eigenvalue weighted by molar-refractivity contribution is 7.95. The Bertz CT molecular complexity index is 1020. The van der Waals surface area contributed by atoms with Crippen LogP contribution in [0.4, 0.5) is 0 Å². The molecule has 4 aromatic carbocycles. The van der Waals surface area contributed by atoms with Crippen LogP contribution in [0, 0.1) is 0 Å². The highest BCUT2D eigenvalue weighted by Gasteiger charge is 2.44. The summed E-state index contributed by atoms with van der Waals surface area (Å²) in [5.41, 5.74) is 4.68. The summed E-state index contributed by atoms with van der Waals surface area (Å²) >= 11 is 0. The standard InChI is InChI=1S/C28H28NO2P/c29-22-23-21-24(17-18-28(23)30)31-19-10-20-32(25-11-4-1-5-12-25,26-13-6-2-7-14-26)27-15-8-3-9-16-27/h1-9,11-18,21H,10,19-20,22,29H2/p+2. The van der Waals surface area contributed by atoms with Gasteiger partial charge >= 0.3 is 0 Å². The van der Waals surface area contributed by atoms with Crippen LogP contribution < -0.4 is 26.4 Å². The lowest BCUT2D eigenvalue weighted by Crippen LogP contribution is -2.47. The van der Waals surface area contributed by atoms with E-state index in [9.17, 15) is 5.11 Å². The van der Waals surface area contributed by atoms with Gasteiger partial charge < -0.3 is 15.6 Å². The quantitative estimate of drug-likeness (QED) is 0.305. The average Bonchev–Trinajstić information content (AvgIpc) is 2.87. The first kappa shape index (κ1) is 22.1. The molecule has 0 aliphatic rings. The average molecular weight is 444 g/mol. The SMILES string of the molecule is [NH3+]Cc1cc(OCCC[P+](c2ccccc2)(c2ccccc2)c2ccccc2)ccc1O. The van der Waals surface area contributed by atoms with Gasteiger partial charge in [-0.1, -0.05) is 54.6 Å². The molecular weight excluding hydrogens is 413 g/mol. The van der Waals surface area contributed by atoms with Gasteiger partial charge in [0.25, 0.3) is 0 Å². The number of rotatable bonds is 9. The number of quaternary nitrogens is 1. The van der Waals surface area contributed by atoms with E-state index in [2.05, 4.69) is 96.7 Å². The molecule has 0 aliphatic carbocycles. The van der Waals surface area contributed by atoms with Crippen LogP contribution in [0.25, 0.3) is 0 Å². The molecule has 0 atom stereocenters. The fraction of sp³-hybridized carbons (Fsp3) is 0.143. The molecule has 0 fully saturated rings. The van der Waals surface area contributed by atoms with Gasteiger partial charge in [-0.2, -0.15) is 0 Å². The summed E-state index contributed by atoms with van der Waals surface area (Å²) in [4.78, 5) is 0. The Balaban J connectivity index is 1.64. The Kier molecular flexibility index (Phi) is 7.21. The van der Waals surface area contributed by atoms with E-state index in [1.165, 1.54) is 15.9 Å². The van der Waals surface area contributed by atoms with Gasteiger partial charge in [-0.05, 0) is 54.6 Å². The van der Waals surface area contributed by atoms with E-state index in [4.69, 9.17) is 4.74 Å². The van der Waals surface area contributed by atoms with Crippen molar-refractivity contribution in [2.45, 2.75) is 13.0 Å². The zero-order chi connectivity index (χ0) is 22.2. The van der Waals surface area contributed by atoms with Crippen LogP contribution in [0.5, 0.6) is 11.5 Å². The Morgan fingerprint density at radius 1 is 0.688 bits per heavy atom. The highest BCUT2D eigenvalue weighted by Crippen LogP contribution is 2.55. The van der Waals surface area contributed by atoms with Crippen LogP contribution in [-0.4, -0.2) is 17.9 Å². The maximum atomic E-state index is 9.90. The minimum atomic E-state index is -1.83. The normalized spacial score (nSPS) is 11.3. The smallest absolute Gasteiger partial charge is 0.124 e. The maximum Gasteiger partial charge on any atom is 0.124 e. The molecular formula is C28H30NO2P+2. The topological polar surface area (TPSA) is 57.1 Å². The summed E-state index contributed by atoms with van der Waals surface area (Å²) in [6, 6.07) is 38.1. The highest BCUT2D eigenvalue weighted by atomic mass is 31.2. The van der Waals surface area contributed by atoms with E-state index >= 15 is 0 Å². The lowest BCUT2D eigenvalue weighted by Gasteiger charge is -2.27. The van der Waals surface area contributed by atoms with Crippen molar-refractivity contribution >= 4 is 23.2 Å². The Labute approximate surface area is 190 Å². The number of phenols is 1. The maximum absolute atomic E-state index is 9.90. The van der Waals surface area contributed by atoms with Crippen LogP contribution in [-0.2, 0) is 6.54 Å². The molecule has 4 heteroatoms. The monoisotopic (exact) mass is 443 g/mol. The molecule has 162 valence electrons. The Morgan fingerprint density at radius 3 is 1.66 bits per heavy atom. The van der Waals surface area contributed by atoms with Crippen molar-refractivity contribution in [1.82, 2.24) is 0 Å². The van der Waals surface area contributed by atoms with Crippen molar-refractivity contribution in [2.75, 3.05) is 12.8 Å². The van der Waals surface area contributed by atoms with Crippen molar-refractivity contribution in [1.29, 1.82) is 0 Å². The molecule has 0 saturated heterocycles. The van der Waals surface area contributed by atoms with E-state index in [1.54, 1.807) is 6.07 Å². The molecule has 4 aromatic rings. The fourth-order valence-electron chi connectivity index (χ4n) is 4.23. The molecule has 0 amide bonds. The predicted octanol–water partition coefficient (Wildman–Crippen LogP) is 3.90. The number of hydrogen-bond donors (Lipinski definition) is 2. The van der Waals surface area contributed by atoms with Gasteiger partial charge in [-0.15, -0.1) is 0 Å². The zero-order valence-corrected chi connectivity index (χ0v) is 19.1. The molecule has 0 unspecified atom stereocenters. The molecule has 3 nitrogen and oxygen atoms in total. The third-order valence-electron chi connectivity index (χ3n) is 5.82. The Morgan fingerprint density at radius 2 is 1.19 bits per heavy atom. The molecule has 0 spiro atoms. The molecule has 0 aliphatic heterocycles. The van der Waals surface area contributed by atoms with E-state index in [1.807, 2.05) is 12.1 Å². The van der Waals surface area contributed by atoms with Crippen LogP contribution >= 0.6 is 7.26 Å². The minimum Gasteiger partial charge on any atom is -0.507 e. The van der Waals surface area contributed by atoms with E-state index in [-0.39, 0.29) is 5.75 Å². The summed E-state index contributed by atoms with van der Waals surface area (Å²) in [6.07, 6.45) is 1.94. The van der Waals surface area contributed by atoms with Gasteiger partial charge in [0.2, 0.25) is 0 Å². The van der Waals surface area contributed by atoms with Crippen LogP contribution in [0.1, 0.15) is 12.0 Å². The molecule has 0 saturated carbocycles. The van der Waals surface area contributed by atoms with Crippen molar-refractivity contribution < 1.29 is 15.6 Å². The van der Waals surface area contributed by atoms with Crippen molar-refractivity contribution in [3.05, 3.63) is 115 Å². The lowest BCUT2D eigenvalue weighted by molar-refractivity contribution is -0.386. The molecule has 0 heterocycles. The third-order valence-corrected chi connectivity index (χ3v) is 10.3. The first-order valence-corrected chi connectivity index (χ1v) is 13.0. The van der Waals surface area contributed by atoms with Crippen molar-refractivity contribution in [3.8, 4) is 11.5 Å². The first-order valence-electron chi connectivity index (χ1n) is 11.0. The molecule has 32 heavy (non-hydrogen) atoms. The summed E-state index contributed by atoms with van der Waals surface area (Å²) in [7, 11) is -1.83. The van der Waals surface area contributed by atoms with Crippen LogP contribution in [0.3, 0.4) is 0 Å². The van der Waals surface area contributed by atoms with E-state index in [0.717, 1.165) is 23.9 Å². The first-order chi connectivity index (χ1) is 15.7. The predicted molar refractivity (Wildman–Crippen MR) is 135 cm³/mol. The number of phenolic OH excluding ortho intramolecular Hbond substituents is 1. The molecule has 0 bridgehead atoms. The molecule has 0 aromatic heterocycles. The zero-order valence-electron chi connectivity index (χ0n) is 18.2. The van der Waals surface area contributed by atoms with Gasteiger partial charge in [-0.3, -0.25) is 0 Å². The van der Waals surface area contributed by atoms with Crippen LogP contribution in [0.2, 0.25) is 0 Å². The van der Waals surface area contributed by atoms with Gasteiger partial charge in [-0.25, -0.2) is 0 Å². The number of benzene rings is 4. The number of aromatic hydroxyl groups is 1. The number of ether oxygens (including phenoxy) is 1. The second kappa shape index (κ2) is 10.5. The van der Waals surface area contributed by atoms with Gasteiger partial charge in [0, 0.05) is 6.42 Å². The fourth-order valence-corrected chi connectivity index (χ4v) is 8.54. The molecule has 0 radical (unpaired) electrons. The summed E-state index contributed by atoms with van der Waals surface area (Å²) < 4.78 is 6.09. The third kappa shape index (κ3) is 4.70. The lowest BCUT2D eigenvalue weighted by atomic mass is 10.2. The van der Waals surface area contributed by atoms with Crippen molar-refractivity contribution in [2.24, 2.45) is 0 Å². The van der Waals surface area contributed by atoms with Gasteiger partial charge in [0.1, 0.15) is 41.2 Å². The van der Waals surface area contributed by atoms with Gasteiger partial charge in [0.05, 0.1) is 18.3 Å². The minimum absolute atomic E-state index is 0.273. The second-order valence-electron chi connectivity index (χ2n) is 7.78. The number of hydrogen-bond acceptors (Lipinski definition) is 2. The summed E-state index contributed by atoms with van der Waals surface area (Å²) in [5.74, 6) is 1.05. The van der Waals surface area contributed by atoms with E-state index in [0.29, 0.717) is 13.2 Å². The van der Waals surface area contributed by atoms with Crippen molar-refractivity contribution in [3.63, 3.8) is 0 Å². The molecule has 4 rings (SSSR count).